The van der Waals surface area contributed by atoms with Crippen LogP contribution in [0.4, 0.5) is 17.1 Å². The lowest BCUT2D eigenvalue weighted by molar-refractivity contribution is -0.384. The molecule has 0 spiro atoms. The summed E-state index contributed by atoms with van der Waals surface area (Å²) in [6.07, 6.45) is 0.415. The number of nitro groups is 1. The van der Waals surface area contributed by atoms with Crippen LogP contribution in [0.25, 0.3) is 0 Å². The van der Waals surface area contributed by atoms with E-state index in [9.17, 15) is 10.1 Å². The molecule has 0 aliphatic carbocycles. The van der Waals surface area contributed by atoms with Crippen LogP contribution in [0.2, 0.25) is 0 Å². The second kappa shape index (κ2) is 6.06. The van der Waals surface area contributed by atoms with Gasteiger partial charge in [0.15, 0.2) is 0 Å². The molecular weight excluding hydrogens is 238 g/mol. The number of methoxy groups -OCH3 is 2. The average Bonchev–Trinajstić information content (AvgIpc) is 2.36. The van der Waals surface area contributed by atoms with Crippen molar-refractivity contribution in [3.05, 3.63) is 21.7 Å². The maximum absolute atomic E-state index is 11.1. The highest BCUT2D eigenvalue weighted by molar-refractivity contribution is 5.83. The molecule has 0 heterocycles. The number of nitro benzene ring substituents is 1. The van der Waals surface area contributed by atoms with Crippen LogP contribution in [0.5, 0.6) is 5.75 Å². The maximum atomic E-state index is 11.1. The second-order valence-electron chi connectivity index (χ2n) is 3.63. The zero-order valence-corrected chi connectivity index (χ0v) is 10.6. The lowest BCUT2D eigenvalue weighted by atomic mass is 10.1. The fourth-order valence-corrected chi connectivity index (χ4v) is 1.75. The Morgan fingerprint density at radius 2 is 2.17 bits per heavy atom. The van der Waals surface area contributed by atoms with Crippen molar-refractivity contribution < 1.29 is 14.4 Å². The van der Waals surface area contributed by atoms with Crippen LogP contribution in [-0.2, 0) is 11.2 Å². The number of hydrogen-bond acceptors (Lipinski definition) is 6. The van der Waals surface area contributed by atoms with Crippen LogP contribution in [0.15, 0.2) is 6.07 Å². The molecule has 1 aromatic rings. The summed E-state index contributed by atoms with van der Waals surface area (Å²) in [4.78, 5) is 10.7. The van der Waals surface area contributed by atoms with Gasteiger partial charge in [-0.2, -0.15) is 0 Å². The summed E-state index contributed by atoms with van der Waals surface area (Å²) in [5, 5.41) is 13.9. The molecule has 0 unspecified atom stereocenters. The highest BCUT2D eigenvalue weighted by Crippen LogP contribution is 2.40. The minimum atomic E-state index is -0.452. The van der Waals surface area contributed by atoms with E-state index in [0.717, 1.165) is 0 Å². The number of nitrogens with one attached hydrogen (secondary N) is 1. The molecule has 0 atom stereocenters. The predicted octanol–water partition coefficient (Wildman–Crippen LogP) is 1.42. The van der Waals surface area contributed by atoms with E-state index in [-0.39, 0.29) is 17.1 Å². The van der Waals surface area contributed by atoms with Crippen molar-refractivity contribution in [1.29, 1.82) is 0 Å². The third kappa shape index (κ3) is 2.62. The van der Waals surface area contributed by atoms with E-state index < -0.39 is 4.92 Å². The van der Waals surface area contributed by atoms with Gasteiger partial charge in [0, 0.05) is 26.1 Å². The molecule has 0 saturated carbocycles. The van der Waals surface area contributed by atoms with Gasteiger partial charge in [0.1, 0.15) is 17.1 Å². The molecule has 18 heavy (non-hydrogen) atoms. The van der Waals surface area contributed by atoms with Crippen molar-refractivity contribution in [2.45, 2.75) is 6.42 Å². The van der Waals surface area contributed by atoms with Crippen molar-refractivity contribution in [3.8, 4) is 5.75 Å². The van der Waals surface area contributed by atoms with Gasteiger partial charge in [-0.05, 0) is 6.07 Å². The van der Waals surface area contributed by atoms with E-state index in [4.69, 9.17) is 15.2 Å². The molecular formula is C11H17N3O4. The fourth-order valence-electron chi connectivity index (χ4n) is 1.75. The molecule has 0 amide bonds. The van der Waals surface area contributed by atoms with Gasteiger partial charge in [0.2, 0.25) is 0 Å². The number of rotatable bonds is 6. The Hall–Kier alpha value is -2.02. The van der Waals surface area contributed by atoms with Crippen LogP contribution in [0.3, 0.4) is 0 Å². The first kappa shape index (κ1) is 14.0. The highest BCUT2D eigenvalue weighted by Gasteiger charge is 2.24. The van der Waals surface area contributed by atoms with Gasteiger partial charge in [-0.25, -0.2) is 0 Å². The Balaban J connectivity index is 3.41. The minimum absolute atomic E-state index is 0.0344. The minimum Gasteiger partial charge on any atom is -0.494 e. The van der Waals surface area contributed by atoms with Gasteiger partial charge in [0.05, 0.1) is 18.6 Å². The van der Waals surface area contributed by atoms with Gasteiger partial charge in [-0.3, -0.25) is 10.1 Å². The lowest BCUT2D eigenvalue weighted by Gasteiger charge is -2.13. The summed E-state index contributed by atoms with van der Waals surface area (Å²) in [5.74, 6) is 0.413. The lowest BCUT2D eigenvalue weighted by Crippen LogP contribution is -2.08. The number of nitrogens with two attached hydrogens (primary N) is 1. The normalized spacial score (nSPS) is 10.2. The standard InChI is InChI=1S/C11H17N3O4/c1-13-10-9(12)8(18-3)6-7(4-5-17-2)11(10)14(15)16/h6,13H,4-5,12H2,1-3H3. The second-order valence-corrected chi connectivity index (χ2v) is 3.63. The highest BCUT2D eigenvalue weighted by atomic mass is 16.6. The number of anilines is 2. The van der Waals surface area contributed by atoms with Crippen LogP contribution in [0.1, 0.15) is 5.56 Å². The third-order valence-corrected chi connectivity index (χ3v) is 2.61. The first-order chi connectivity index (χ1) is 8.56. The average molecular weight is 255 g/mol. The van der Waals surface area contributed by atoms with E-state index in [1.54, 1.807) is 20.2 Å². The Morgan fingerprint density at radius 3 is 2.61 bits per heavy atom. The van der Waals surface area contributed by atoms with E-state index in [2.05, 4.69) is 5.32 Å². The maximum Gasteiger partial charge on any atom is 0.297 e. The first-order valence-electron chi connectivity index (χ1n) is 5.37. The van der Waals surface area contributed by atoms with E-state index in [1.165, 1.54) is 7.11 Å². The number of ether oxygens (including phenoxy) is 2. The molecule has 3 N–H and O–H groups in total. The van der Waals surface area contributed by atoms with Gasteiger partial charge >= 0.3 is 0 Å². The molecule has 0 fully saturated rings. The summed E-state index contributed by atoms with van der Waals surface area (Å²) in [6, 6.07) is 1.58. The number of nitrogens with zero attached hydrogens (tertiary/aromatic N) is 1. The van der Waals surface area contributed by atoms with Crippen LogP contribution in [0, 0.1) is 10.1 Å². The Kier molecular flexibility index (Phi) is 4.73. The number of hydrogen-bond donors (Lipinski definition) is 2. The monoisotopic (exact) mass is 255 g/mol. The van der Waals surface area contributed by atoms with Gasteiger partial charge in [0.25, 0.3) is 5.69 Å². The third-order valence-electron chi connectivity index (χ3n) is 2.61. The summed E-state index contributed by atoms with van der Waals surface area (Å²) >= 11 is 0. The fraction of sp³-hybridized carbons (Fsp3) is 0.455. The predicted molar refractivity (Wildman–Crippen MR) is 69.2 cm³/mol. The summed E-state index contributed by atoms with van der Waals surface area (Å²) in [5.41, 5.74) is 6.81. The van der Waals surface area contributed by atoms with E-state index in [0.29, 0.717) is 24.3 Å². The van der Waals surface area contributed by atoms with E-state index in [1.807, 2.05) is 0 Å². The topological polar surface area (TPSA) is 99.7 Å². The molecule has 0 saturated heterocycles. The molecule has 0 aromatic heterocycles. The summed E-state index contributed by atoms with van der Waals surface area (Å²) in [6.45, 7) is 0.386. The van der Waals surface area contributed by atoms with Crippen molar-refractivity contribution in [2.75, 3.05) is 38.9 Å². The first-order valence-corrected chi connectivity index (χ1v) is 5.37. The molecule has 0 aliphatic rings. The molecule has 7 nitrogen and oxygen atoms in total. The Bertz CT molecular complexity index is 448. The Labute approximate surface area is 105 Å². The SMILES string of the molecule is CNc1c(N)c(OC)cc(CCOC)c1[N+](=O)[O-]. The van der Waals surface area contributed by atoms with Gasteiger partial charge in [-0.15, -0.1) is 0 Å². The van der Waals surface area contributed by atoms with Crippen molar-refractivity contribution in [2.24, 2.45) is 0 Å². The largest absolute Gasteiger partial charge is 0.494 e. The van der Waals surface area contributed by atoms with Crippen LogP contribution in [-0.4, -0.2) is 32.8 Å². The smallest absolute Gasteiger partial charge is 0.297 e. The molecule has 7 heteroatoms. The molecule has 0 radical (unpaired) electrons. The van der Waals surface area contributed by atoms with Crippen molar-refractivity contribution >= 4 is 17.1 Å². The molecule has 100 valence electrons. The van der Waals surface area contributed by atoms with Crippen LogP contribution < -0.4 is 15.8 Å². The zero-order valence-electron chi connectivity index (χ0n) is 10.6. The Morgan fingerprint density at radius 1 is 1.50 bits per heavy atom. The molecule has 0 bridgehead atoms. The number of nitrogen functional groups attached to an aromatic ring is 1. The molecule has 0 aliphatic heterocycles. The van der Waals surface area contributed by atoms with Gasteiger partial charge < -0.3 is 20.5 Å². The van der Waals surface area contributed by atoms with Crippen molar-refractivity contribution in [1.82, 2.24) is 0 Å². The quantitative estimate of drug-likeness (QED) is 0.453. The summed E-state index contributed by atoms with van der Waals surface area (Å²) in [7, 11) is 4.59. The van der Waals surface area contributed by atoms with Crippen molar-refractivity contribution in [3.63, 3.8) is 0 Å². The summed E-state index contributed by atoms with van der Waals surface area (Å²) < 4.78 is 10.1. The molecule has 1 aromatic carbocycles. The number of benzene rings is 1. The van der Waals surface area contributed by atoms with Crippen LogP contribution >= 0.6 is 0 Å². The van der Waals surface area contributed by atoms with Gasteiger partial charge in [-0.1, -0.05) is 0 Å². The van der Waals surface area contributed by atoms with E-state index >= 15 is 0 Å². The zero-order chi connectivity index (χ0) is 13.7. The molecule has 1 rings (SSSR count).